The molecule has 1 aliphatic carbocycles. The van der Waals surface area contributed by atoms with Crippen molar-refractivity contribution in [3.05, 3.63) is 46.8 Å². The molecule has 3 rings (SSSR count). The standard InChI is InChI=1S/C14H14BrN3/c15-12-4-2-1-3-11(12)13-5-6-17-14(18-13)9-7-10(16)8-9/h1-6,9-10H,7-8,16H2. The molecule has 0 aliphatic heterocycles. The summed E-state index contributed by atoms with van der Waals surface area (Å²) in [5.41, 5.74) is 7.88. The third-order valence-electron chi connectivity index (χ3n) is 3.36. The van der Waals surface area contributed by atoms with Crippen LogP contribution in [-0.4, -0.2) is 16.0 Å². The van der Waals surface area contributed by atoms with Crippen molar-refractivity contribution < 1.29 is 0 Å². The summed E-state index contributed by atoms with van der Waals surface area (Å²) in [4.78, 5) is 9.03. The number of hydrogen-bond donors (Lipinski definition) is 1. The van der Waals surface area contributed by atoms with Crippen molar-refractivity contribution in [1.82, 2.24) is 9.97 Å². The monoisotopic (exact) mass is 303 g/mol. The Hall–Kier alpha value is -1.26. The second-order valence-electron chi connectivity index (χ2n) is 4.71. The Labute approximate surface area is 115 Å². The van der Waals surface area contributed by atoms with Gasteiger partial charge in [-0.1, -0.05) is 34.1 Å². The molecule has 1 aliphatic rings. The van der Waals surface area contributed by atoms with E-state index in [1.54, 1.807) is 0 Å². The zero-order valence-electron chi connectivity index (χ0n) is 9.88. The van der Waals surface area contributed by atoms with E-state index in [0.29, 0.717) is 12.0 Å². The van der Waals surface area contributed by atoms with Gasteiger partial charge in [-0.3, -0.25) is 0 Å². The first kappa shape index (κ1) is 11.8. The predicted molar refractivity (Wildman–Crippen MR) is 75.1 cm³/mol. The minimum Gasteiger partial charge on any atom is -0.328 e. The van der Waals surface area contributed by atoms with E-state index in [-0.39, 0.29) is 0 Å². The molecule has 92 valence electrons. The Morgan fingerprint density at radius 1 is 1.17 bits per heavy atom. The average molecular weight is 304 g/mol. The van der Waals surface area contributed by atoms with Crippen LogP contribution in [0.25, 0.3) is 11.3 Å². The van der Waals surface area contributed by atoms with Crippen molar-refractivity contribution in [3.8, 4) is 11.3 Å². The second-order valence-corrected chi connectivity index (χ2v) is 5.56. The number of aromatic nitrogens is 2. The lowest BCUT2D eigenvalue weighted by Gasteiger charge is -2.31. The molecule has 1 heterocycles. The molecule has 0 amide bonds. The van der Waals surface area contributed by atoms with E-state index in [1.165, 1.54) is 0 Å². The van der Waals surface area contributed by atoms with Gasteiger partial charge < -0.3 is 5.73 Å². The van der Waals surface area contributed by atoms with Gasteiger partial charge in [0.1, 0.15) is 5.82 Å². The quantitative estimate of drug-likeness (QED) is 0.927. The second kappa shape index (κ2) is 4.78. The molecule has 2 aromatic rings. The molecule has 0 saturated heterocycles. The van der Waals surface area contributed by atoms with Crippen LogP contribution in [0.5, 0.6) is 0 Å². The molecule has 0 radical (unpaired) electrons. The molecule has 1 saturated carbocycles. The van der Waals surface area contributed by atoms with E-state index in [1.807, 2.05) is 30.5 Å². The fraction of sp³-hybridized carbons (Fsp3) is 0.286. The third kappa shape index (κ3) is 2.18. The number of nitrogens with two attached hydrogens (primary N) is 1. The maximum Gasteiger partial charge on any atom is 0.132 e. The number of rotatable bonds is 2. The van der Waals surface area contributed by atoms with Crippen molar-refractivity contribution in [1.29, 1.82) is 0 Å². The van der Waals surface area contributed by atoms with E-state index in [9.17, 15) is 0 Å². The van der Waals surface area contributed by atoms with Gasteiger partial charge in [-0.25, -0.2) is 9.97 Å². The highest BCUT2D eigenvalue weighted by atomic mass is 79.9. The van der Waals surface area contributed by atoms with E-state index in [2.05, 4.69) is 32.0 Å². The Kier molecular flexibility index (Phi) is 3.14. The fourth-order valence-electron chi connectivity index (χ4n) is 2.26. The lowest BCUT2D eigenvalue weighted by Crippen LogP contribution is -2.35. The average Bonchev–Trinajstić information content (AvgIpc) is 2.36. The van der Waals surface area contributed by atoms with Gasteiger partial charge in [0.05, 0.1) is 5.69 Å². The minimum absolute atomic E-state index is 0.325. The normalized spacial score (nSPS) is 22.6. The predicted octanol–water partition coefficient (Wildman–Crippen LogP) is 3.11. The molecule has 0 atom stereocenters. The smallest absolute Gasteiger partial charge is 0.132 e. The zero-order chi connectivity index (χ0) is 12.5. The van der Waals surface area contributed by atoms with Crippen molar-refractivity contribution in [2.75, 3.05) is 0 Å². The minimum atomic E-state index is 0.325. The first-order chi connectivity index (χ1) is 8.74. The van der Waals surface area contributed by atoms with Gasteiger partial charge in [0, 0.05) is 28.2 Å². The summed E-state index contributed by atoms with van der Waals surface area (Å²) in [6.07, 6.45) is 3.83. The lowest BCUT2D eigenvalue weighted by atomic mass is 9.80. The molecular weight excluding hydrogens is 290 g/mol. The van der Waals surface area contributed by atoms with Crippen LogP contribution in [0.15, 0.2) is 41.0 Å². The van der Waals surface area contributed by atoms with Crippen LogP contribution in [0.2, 0.25) is 0 Å². The Morgan fingerprint density at radius 3 is 2.67 bits per heavy atom. The number of benzene rings is 1. The number of nitrogens with zero attached hydrogens (tertiary/aromatic N) is 2. The van der Waals surface area contributed by atoms with Gasteiger partial charge in [0.2, 0.25) is 0 Å². The van der Waals surface area contributed by atoms with E-state index >= 15 is 0 Å². The summed E-state index contributed by atoms with van der Waals surface area (Å²) in [5, 5.41) is 0. The highest BCUT2D eigenvalue weighted by Gasteiger charge is 2.29. The SMILES string of the molecule is NC1CC(c2nccc(-c3ccccc3Br)n2)C1. The van der Waals surface area contributed by atoms with Crippen molar-refractivity contribution in [2.24, 2.45) is 5.73 Å². The maximum atomic E-state index is 5.82. The molecule has 4 heteroatoms. The molecule has 1 fully saturated rings. The summed E-state index contributed by atoms with van der Waals surface area (Å²) in [6.45, 7) is 0. The lowest BCUT2D eigenvalue weighted by molar-refractivity contribution is 0.338. The van der Waals surface area contributed by atoms with Crippen molar-refractivity contribution in [2.45, 2.75) is 24.8 Å². The van der Waals surface area contributed by atoms with E-state index < -0.39 is 0 Å². The number of halogens is 1. The Balaban J connectivity index is 1.94. The zero-order valence-corrected chi connectivity index (χ0v) is 11.5. The Morgan fingerprint density at radius 2 is 1.94 bits per heavy atom. The van der Waals surface area contributed by atoms with Crippen LogP contribution in [-0.2, 0) is 0 Å². The van der Waals surface area contributed by atoms with Crippen LogP contribution in [0.4, 0.5) is 0 Å². The maximum absolute atomic E-state index is 5.82. The molecule has 18 heavy (non-hydrogen) atoms. The fourth-order valence-corrected chi connectivity index (χ4v) is 2.75. The Bertz CT molecular complexity index is 564. The van der Waals surface area contributed by atoms with Gasteiger partial charge in [0.15, 0.2) is 0 Å². The number of hydrogen-bond acceptors (Lipinski definition) is 3. The van der Waals surface area contributed by atoms with Gasteiger partial charge in [0.25, 0.3) is 0 Å². The largest absolute Gasteiger partial charge is 0.328 e. The highest BCUT2D eigenvalue weighted by Crippen LogP contribution is 2.34. The van der Waals surface area contributed by atoms with E-state index in [0.717, 1.165) is 34.4 Å². The first-order valence-electron chi connectivity index (χ1n) is 6.07. The molecular formula is C14H14BrN3. The van der Waals surface area contributed by atoms with Crippen molar-refractivity contribution >= 4 is 15.9 Å². The molecule has 1 aromatic carbocycles. The summed E-state index contributed by atoms with van der Waals surface area (Å²) >= 11 is 3.55. The molecule has 0 spiro atoms. The van der Waals surface area contributed by atoms with E-state index in [4.69, 9.17) is 5.73 Å². The summed E-state index contributed by atoms with van der Waals surface area (Å²) < 4.78 is 1.06. The summed E-state index contributed by atoms with van der Waals surface area (Å²) in [5.74, 6) is 1.35. The summed E-state index contributed by atoms with van der Waals surface area (Å²) in [7, 11) is 0. The molecule has 3 nitrogen and oxygen atoms in total. The van der Waals surface area contributed by atoms with Crippen LogP contribution in [0.3, 0.4) is 0 Å². The van der Waals surface area contributed by atoms with Gasteiger partial charge in [-0.15, -0.1) is 0 Å². The molecule has 0 unspecified atom stereocenters. The topological polar surface area (TPSA) is 51.8 Å². The highest BCUT2D eigenvalue weighted by molar-refractivity contribution is 9.10. The van der Waals surface area contributed by atoms with Crippen LogP contribution < -0.4 is 5.73 Å². The molecule has 0 bridgehead atoms. The van der Waals surface area contributed by atoms with Crippen LogP contribution in [0.1, 0.15) is 24.6 Å². The van der Waals surface area contributed by atoms with Crippen LogP contribution in [0, 0.1) is 0 Å². The third-order valence-corrected chi connectivity index (χ3v) is 4.06. The van der Waals surface area contributed by atoms with Crippen LogP contribution >= 0.6 is 15.9 Å². The van der Waals surface area contributed by atoms with Gasteiger partial charge in [-0.05, 0) is 25.0 Å². The van der Waals surface area contributed by atoms with Crippen molar-refractivity contribution in [3.63, 3.8) is 0 Å². The van der Waals surface area contributed by atoms with Gasteiger partial charge >= 0.3 is 0 Å². The molecule has 1 aromatic heterocycles. The summed E-state index contributed by atoms with van der Waals surface area (Å²) in [6, 6.07) is 10.4. The van der Waals surface area contributed by atoms with Gasteiger partial charge in [-0.2, -0.15) is 0 Å². The first-order valence-corrected chi connectivity index (χ1v) is 6.87. The molecule has 2 N–H and O–H groups in total.